The van der Waals surface area contributed by atoms with Crippen LogP contribution in [0.25, 0.3) is 10.8 Å². The lowest BCUT2D eigenvalue weighted by Crippen LogP contribution is -2.31. The van der Waals surface area contributed by atoms with Gasteiger partial charge in [0.05, 0.1) is 4.90 Å². The summed E-state index contributed by atoms with van der Waals surface area (Å²) in [6, 6.07) is 15.8. The van der Waals surface area contributed by atoms with E-state index in [0.717, 1.165) is 28.2 Å². The van der Waals surface area contributed by atoms with Crippen LogP contribution >= 0.6 is 0 Å². The Bertz CT molecular complexity index is 1230. The molecule has 1 amide bonds. The first-order chi connectivity index (χ1) is 13.9. The zero-order valence-corrected chi connectivity index (χ0v) is 16.6. The molecule has 150 valence electrons. The molecule has 1 aliphatic rings. The molecule has 0 bridgehead atoms. The Balaban J connectivity index is 1.53. The molecule has 0 radical (unpaired) electrons. The van der Waals surface area contributed by atoms with Crippen LogP contribution in [0.5, 0.6) is 0 Å². The van der Waals surface area contributed by atoms with Crippen LogP contribution in [0.1, 0.15) is 12.8 Å². The van der Waals surface area contributed by atoms with Crippen LogP contribution in [0.4, 0.5) is 5.69 Å². The van der Waals surface area contributed by atoms with Gasteiger partial charge in [-0.25, -0.2) is 8.42 Å². The first kappa shape index (κ1) is 19.4. The number of carbonyl (C=O) groups is 1. The summed E-state index contributed by atoms with van der Waals surface area (Å²) < 4.78 is 28.0. The number of hydrogen-bond donors (Lipinski definition) is 1. The number of nitrogens with zero attached hydrogens (tertiary/aromatic N) is 2. The van der Waals surface area contributed by atoms with Gasteiger partial charge in [0, 0.05) is 31.0 Å². The minimum atomic E-state index is -3.66. The predicted octanol–water partition coefficient (Wildman–Crippen LogP) is 2.42. The number of anilines is 1. The van der Waals surface area contributed by atoms with Crippen molar-refractivity contribution in [1.29, 1.82) is 0 Å². The summed E-state index contributed by atoms with van der Waals surface area (Å²) in [5, 5.41) is 4.81. The van der Waals surface area contributed by atoms with Crippen molar-refractivity contribution in [3.63, 3.8) is 0 Å². The highest BCUT2D eigenvalue weighted by atomic mass is 32.2. The van der Waals surface area contributed by atoms with Crippen molar-refractivity contribution in [2.24, 2.45) is 0 Å². The second-order valence-electron chi connectivity index (χ2n) is 7.05. The summed E-state index contributed by atoms with van der Waals surface area (Å²) in [5.41, 5.74) is 0.182. The summed E-state index contributed by atoms with van der Waals surface area (Å²) >= 11 is 0. The zero-order chi connectivity index (χ0) is 20.4. The molecule has 2 aromatic carbocycles. The summed E-state index contributed by atoms with van der Waals surface area (Å²) in [7, 11) is -3.66. The Labute approximate surface area is 168 Å². The van der Waals surface area contributed by atoms with Crippen molar-refractivity contribution in [1.82, 2.24) is 8.87 Å². The molecule has 1 aromatic heterocycles. The molecule has 1 fully saturated rings. The van der Waals surface area contributed by atoms with E-state index in [0.29, 0.717) is 18.8 Å². The predicted molar refractivity (Wildman–Crippen MR) is 111 cm³/mol. The van der Waals surface area contributed by atoms with Crippen LogP contribution < -0.4 is 10.9 Å². The molecule has 0 saturated carbocycles. The van der Waals surface area contributed by atoms with E-state index in [1.54, 1.807) is 6.07 Å². The SMILES string of the molecule is O=C(Cn1cc(S(=O)(=O)N2CCCC2)ccc1=O)Nc1ccc2ccccc2c1. The summed E-state index contributed by atoms with van der Waals surface area (Å²) in [5.74, 6) is -0.405. The maximum atomic E-state index is 12.7. The van der Waals surface area contributed by atoms with Crippen LogP contribution in [0, 0.1) is 0 Å². The fraction of sp³-hybridized carbons (Fsp3) is 0.238. The summed E-state index contributed by atoms with van der Waals surface area (Å²) in [6.45, 7) is 0.683. The minimum absolute atomic E-state index is 0.0255. The third-order valence-corrected chi connectivity index (χ3v) is 6.89. The number of amides is 1. The molecule has 1 N–H and O–H groups in total. The van der Waals surface area contributed by atoms with Gasteiger partial charge in [-0.3, -0.25) is 9.59 Å². The molecule has 0 unspecified atom stereocenters. The van der Waals surface area contributed by atoms with E-state index in [9.17, 15) is 18.0 Å². The highest BCUT2D eigenvalue weighted by molar-refractivity contribution is 7.89. The van der Waals surface area contributed by atoms with Crippen LogP contribution in [-0.2, 0) is 21.4 Å². The van der Waals surface area contributed by atoms with Gasteiger partial charge in [-0.15, -0.1) is 0 Å². The van der Waals surface area contributed by atoms with Crippen molar-refractivity contribution in [3.05, 3.63) is 71.1 Å². The van der Waals surface area contributed by atoms with Crippen molar-refractivity contribution in [3.8, 4) is 0 Å². The third kappa shape index (κ3) is 4.08. The number of benzene rings is 2. The van der Waals surface area contributed by atoms with Gasteiger partial charge in [0.2, 0.25) is 15.9 Å². The Morgan fingerprint density at radius 3 is 2.45 bits per heavy atom. The lowest BCUT2D eigenvalue weighted by molar-refractivity contribution is -0.116. The Kier molecular flexibility index (Phi) is 5.21. The van der Waals surface area contributed by atoms with E-state index in [1.807, 2.05) is 36.4 Å². The first-order valence-electron chi connectivity index (χ1n) is 9.43. The summed E-state index contributed by atoms with van der Waals surface area (Å²) in [4.78, 5) is 24.6. The average molecular weight is 411 g/mol. The second-order valence-corrected chi connectivity index (χ2v) is 8.99. The van der Waals surface area contributed by atoms with Crippen molar-refractivity contribution in [2.45, 2.75) is 24.3 Å². The van der Waals surface area contributed by atoms with Gasteiger partial charge in [0.1, 0.15) is 6.54 Å². The molecular formula is C21H21N3O4S. The number of carbonyl (C=O) groups excluding carboxylic acids is 1. The highest BCUT2D eigenvalue weighted by Gasteiger charge is 2.27. The summed E-state index contributed by atoms with van der Waals surface area (Å²) in [6.07, 6.45) is 2.90. The van der Waals surface area contributed by atoms with Gasteiger partial charge in [0.25, 0.3) is 5.56 Å². The number of rotatable bonds is 5. The molecule has 3 aromatic rings. The molecule has 0 spiro atoms. The van der Waals surface area contributed by atoms with Crippen molar-refractivity contribution < 1.29 is 13.2 Å². The first-order valence-corrected chi connectivity index (χ1v) is 10.9. The number of pyridine rings is 1. The molecule has 29 heavy (non-hydrogen) atoms. The maximum Gasteiger partial charge on any atom is 0.251 e. The van der Waals surface area contributed by atoms with Crippen LogP contribution in [0.15, 0.2) is 70.5 Å². The van der Waals surface area contributed by atoms with E-state index in [4.69, 9.17) is 0 Å². The molecule has 0 aliphatic carbocycles. The lowest BCUT2D eigenvalue weighted by atomic mass is 10.1. The van der Waals surface area contributed by atoms with Crippen LogP contribution in [0.2, 0.25) is 0 Å². The van der Waals surface area contributed by atoms with Gasteiger partial charge in [0.15, 0.2) is 0 Å². The number of fused-ring (bicyclic) bond motifs is 1. The smallest absolute Gasteiger partial charge is 0.251 e. The van der Waals surface area contributed by atoms with Gasteiger partial charge >= 0.3 is 0 Å². The van der Waals surface area contributed by atoms with Crippen LogP contribution in [0.3, 0.4) is 0 Å². The molecule has 8 heteroatoms. The van der Waals surface area contributed by atoms with E-state index in [-0.39, 0.29) is 11.4 Å². The quantitative estimate of drug-likeness (QED) is 0.698. The number of aromatic nitrogens is 1. The zero-order valence-electron chi connectivity index (χ0n) is 15.7. The fourth-order valence-corrected chi connectivity index (χ4v) is 5.02. The van der Waals surface area contributed by atoms with Gasteiger partial charge in [-0.1, -0.05) is 30.3 Å². The Hall–Kier alpha value is -2.97. The third-order valence-electron chi connectivity index (χ3n) is 5.01. The highest BCUT2D eigenvalue weighted by Crippen LogP contribution is 2.20. The molecule has 2 heterocycles. The van der Waals surface area contributed by atoms with Crippen molar-refractivity contribution in [2.75, 3.05) is 18.4 Å². The molecule has 4 rings (SSSR count). The Morgan fingerprint density at radius 1 is 0.966 bits per heavy atom. The van der Waals surface area contributed by atoms with Gasteiger partial charge < -0.3 is 9.88 Å². The molecular weight excluding hydrogens is 390 g/mol. The second kappa shape index (κ2) is 7.81. The van der Waals surface area contributed by atoms with E-state index in [2.05, 4.69) is 5.32 Å². The topological polar surface area (TPSA) is 88.5 Å². The molecule has 1 saturated heterocycles. The van der Waals surface area contributed by atoms with E-state index in [1.165, 1.54) is 22.6 Å². The van der Waals surface area contributed by atoms with Crippen molar-refractivity contribution >= 4 is 32.4 Å². The van der Waals surface area contributed by atoms with E-state index >= 15 is 0 Å². The monoisotopic (exact) mass is 411 g/mol. The fourth-order valence-electron chi connectivity index (χ4n) is 3.49. The average Bonchev–Trinajstić information content (AvgIpc) is 3.25. The molecule has 7 nitrogen and oxygen atoms in total. The molecule has 1 aliphatic heterocycles. The van der Waals surface area contributed by atoms with Crippen LogP contribution in [-0.4, -0.2) is 36.3 Å². The number of hydrogen-bond acceptors (Lipinski definition) is 4. The number of nitrogens with one attached hydrogen (secondary N) is 1. The van der Waals surface area contributed by atoms with Gasteiger partial charge in [-0.2, -0.15) is 4.31 Å². The largest absolute Gasteiger partial charge is 0.325 e. The van der Waals surface area contributed by atoms with Gasteiger partial charge in [-0.05, 0) is 41.8 Å². The standard InChI is InChI=1S/C21H21N3O4S/c25-20(22-18-8-7-16-5-1-2-6-17(16)13-18)15-23-14-19(9-10-21(23)26)29(27,28)24-11-3-4-12-24/h1-2,5-10,13-14H,3-4,11-12,15H2,(H,22,25). The minimum Gasteiger partial charge on any atom is -0.325 e. The lowest BCUT2D eigenvalue weighted by Gasteiger charge is -2.16. The normalized spacial score (nSPS) is 14.9. The van der Waals surface area contributed by atoms with E-state index < -0.39 is 21.5 Å². The number of sulfonamides is 1. The Morgan fingerprint density at radius 2 is 1.69 bits per heavy atom. The maximum absolute atomic E-state index is 12.7. The molecule has 0 atom stereocenters.